The number of methoxy groups -OCH3 is 1. The van der Waals surface area contributed by atoms with Crippen molar-refractivity contribution in [2.24, 2.45) is 0 Å². The minimum Gasteiger partial charge on any atom is -0.497 e. The molecular weight excluding hydrogens is 111 g/mol. The molecule has 0 atom stereocenters. The molecule has 0 saturated heterocycles. The second-order valence-electron chi connectivity index (χ2n) is 1.85. The van der Waals surface area contributed by atoms with Crippen LogP contribution in [-0.4, -0.2) is 15.0 Å². The molecule has 0 heterocycles. The maximum absolute atomic E-state index is 4.94. The smallest absolute Gasteiger partial charge is 0.129 e. The minimum atomic E-state index is 0.877. The Morgan fingerprint density at radius 1 is 1.22 bits per heavy atom. The fraction of sp³-hybridized carbons (Fsp3) is 0.143. The minimum absolute atomic E-state index is 0.877. The van der Waals surface area contributed by atoms with Crippen LogP contribution in [0.15, 0.2) is 24.3 Å². The predicted molar refractivity (Wildman–Crippen MR) is 39.8 cm³/mol. The lowest BCUT2D eigenvalue weighted by Gasteiger charge is -1.97. The predicted octanol–water partition coefficient (Wildman–Crippen LogP) is 0.221. The molecule has 0 aliphatic heterocycles. The molecule has 0 N–H and O–H groups in total. The van der Waals surface area contributed by atoms with E-state index in [1.165, 1.54) is 0 Å². The summed E-state index contributed by atoms with van der Waals surface area (Å²) >= 11 is 0. The fourth-order valence-corrected chi connectivity index (χ4v) is 0.626. The van der Waals surface area contributed by atoms with Crippen LogP contribution in [0, 0.1) is 0 Å². The zero-order valence-electron chi connectivity index (χ0n) is 5.42. The molecule has 0 unspecified atom stereocenters. The Balaban J connectivity index is 2.88. The molecule has 0 amide bonds. The van der Waals surface area contributed by atoms with Gasteiger partial charge < -0.3 is 4.74 Å². The summed E-state index contributed by atoms with van der Waals surface area (Å²) in [7, 11) is 5.39. The Bertz CT molecular complexity index is 181. The van der Waals surface area contributed by atoms with Crippen molar-refractivity contribution in [1.82, 2.24) is 0 Å². The van der Waals surface area contributed by atoms with Crippen molar-refractivity contribution in [3.05, 3.63) is 24.3 Å². The van der Waals surface area contributed by atoms with Crippen LogP contribution in [-0.2, 0) is 0 Å². The highest BCUT2D eigenvalue weighted by molar-refractivity contribution is 6.32. The summed E-state index contributed by atoms with van der Waals surface area (Å²) in [6.07, 6.45) is 0. The highest BCUT2D eigenvalue weighted by atomic mass is 16.5. The van der Waals surface area contributed by atoms with Gasteiger partial charge in [-0.1, -0.05) is 17.6 Å². The number of hydrogen-bond acceptors (Lipinski definition) is 1. The normalized spacial score (nSPS) is 9.00. The second-order valence-corrected chi connectivity index (χ2v) is 1.85. The van der Waals surface area contributed by atoms with E-state index in [1.54, 1.807) is 7.11 Å². The standard InChI is InChI=1S/C7H8BO/c1-9-7-4-2-6(8)3-5-7/h2-5,8H,1H3. The van der Waals surface area contributed by atoms with Gasteiger partial charge in [-0.05, 0) is 12.1 Å². The first-order chi connectivity index (χ1) is 4.33. The zero-order valence-corrected chi connectivity index (χ0v) is 5.42. The Labute approximate surface area is 56.1 Å². The quantitative estimate of drug-likeness (QED) is 0.480. The molecule has 0 saturated carbocycles. The molecule has 2 heteroatoms. The van der Waals surface area contributed by atoms with Gasteiger partial charge in [-0.25, -0.2) is 0 Å². The lowest BCUT2D eigenvalue weighted by molar-refractivity contribution is 0.415. The van der Waals surface area contributed by atoms with Crippen molar-refractivity contribution >= 4 is 13.3 Å². The van der Waals surface area contributed by atoms with Crippen molar-refractivity contribution < 1.29 is 4.74 Å². The maximum atomic E-state index is 4.94. The molecule has 1 rings (SSSR count). The summed E-state index contributed by atoms with van der Waals surface area (Å²) in [6.45, 7) is 0. The van der Waals surface area contributed by atoms with Crippen molar-refractivity contribution in [1.29, 1.82) is 0 Å². The molecule has 1 nitrogen and oxygen atoms in total. The van der Waals surface area contributed by atoms with Gasteiger partial charge in [0.15, 0.2) is 0 Å². The molecule has 1 aromatic carbocycles. The van der Waals surface area contributed by atoms with E-state index in [4.69, 9.17) is 4.74 Å². The van der Waals surface area contributed by atoms with Gasteiger partial charge in [0.05, 0.1) is 7.11 Å². The van der Waals surface area contributed by atoms with E-state index in [-0.39, 0.29) is 0 Å². The van der Waals surface area contributed by atoms with Crippen LogP contribution in [0.25, 0.3) is 0 Å². The average molecular weight is 119 g/mol. The van der Waals surface area contributed by atoms with Gasteiger partial charge in [-0.3, -0.25) is 0 Å². The van der Waals surface area contributed by atoms with Crippen LogP contribution in [0.2, 0.25) is 0 Å². The molecule has 0 bridgehead atoms. The SMILES string of the molecule is [BH]c1ccc(OC)cc1. The Morgan fingerprint density at radius 3 is 2.22 bits per heavy atom. The molecule has 1 aromatic rings. The Hall–Kier alpha value is -0.915. The number of hydrogen-bond donors (Lipinski definition) is 0. The summed E-state index contributed by atoms with van der Waals surface area (Å²) in [4.78, 5) is 0. The third-order valence-electron chi connectivity index (χ3n) is 1.16. The molecule has 0 aliphatic rings. The third kappa shape index (κ3) is 1.49. The largest absolute Gasteiger partial charge is 0.497 e. The Morgan fingerprint density at radius 2 is 1.78 bits per heavy atom. The van der Waals surface area contributed by atoms with E-state index in [9.17, 15) is 0 Å². The van der Waals surface area contributed by atoms with Gasteiger partial charge in [0, 0.05) is 0 Å². The van der Waals surface area contributed by atoms with E-state index < -0.39 is 0 Å². The van der Waals surface area contributed by atoms with E-state index in [0.717, 1.165) is 11.2 Å². The summed E-state index contributed by atoms with van der Waals surface area (Å²) in [6, 6.07) is 7.61. The highest BCUT2D eigenvalue weighted by Crippen LogP contribution is 2.04. The van der Waals surface area contributed by atoms with Crippen LogP contribution >= 0.6 is 0 Å². The molecule has 1 radical (unpaired) electrons. The highest BCUT2D eigenvalue weighted by Gasteiger charge is 1.85. The van der Waals surface area contributed by atoms with E-state index in [2.05, 4.69) is 7.85 Å². The van der Waals surface area contributed by atoms with Crippen LogP contribution in [0.5, 0.6) is 5.75 Å². The van der Waals surface area contributed by atoms with Gasteiger partial charge in [-0.15, -0.1) is 0 Å². The van der Waals surface area contributed by atoms with E-state index >= 15 is 0 Å². The average Bonchev–Trinajstić information content (AvgIpc) is 1.90. The first-order valence-electron chi connectivity index (χ1n) is 2.79. The van der Waals surface area contributed by atoms with Gasteiger partial charge in [0.1, 0.15) is 13.6 Å². The zero-order chi connectivity index (χ0) is 6.69. The van der Waals surface area contributed by atoms with E-state index in [1.807, 2.05) is 24.3 Å². The number of rotatable bonds is 1. The molecule has 0 spiro atoms. The van der Waals surface area contributed by atoms with Gasteiger partial charge >= 0.3 is 0 Å². The second kappa shape index (κ2) is 2.58. The lowest BCUT2D eigenvalue weighted by Crippen LogP contribution is -1.99. The molecule has 9 heavy (non-hydrogen) atoms. The topological polar surface area (TPSA) is 9.23 Å². The lowest BCUT2D eigenvalue weighted by atomic mass is 9.97. The summed E-state index contributed by atoms with van der Waals surface area (Å²) in [5.41, 5.74) is 1.01. The summed E-state index contributed by atoms with van der Waals surface area (Å²) in [5.74, 6) is 0.877. The third-order valence-corrected chi connectivity index (χ3v) is 1.16. The van der Waals surface area contributed by atoms with Crippen molar-refractivity contribution in [3.8, 4) is 5.75 Å². The van der Waals surface area contributed by atoms with Gasteiger partial charge in [0.25, 0.3) is 0 Å². The molecule has 0 fully saturated rings. The van der Waals surface area contributed by atoms with Crippen molar-refractivity contribution in [2.75, 3.05) is 7.11 Å². The van der Waals surface area contributed by atoms with Crippen LogP contribution < -0.4 is 10.2 Å². The molecule has 0 aliphatic carbocycles. The monoisotopic (exact) mass is 119 g/mol. The first-order valence-corrected chi connectivity index (χ1v) is 2.79. The Kier molecular flexibility index (Phi) is 1.78. The number of ether oxygens (including phenoxy) is 1. The van der Waals surface area contributed by atoms with Crippen molar-refractivity contribution in [2.45, 2.75) is 0 Å². The summed E-state index contributed by atoms with van der Waals surface area (Å²) < 4.78 is 4.94. The van der Waals surface area contributed by atoms with E-state index in [0.29, 0.717) is 0 Å². The summed E-state index contributed by atoms with van der Waals surface area (Å²) in [5, 5.41) is 0. The fourth-order valence-electron chi connectivity index (χ4n) is 0.626. The van der Waals surface area contributed by atoms with Gasteiger partial charge in [0.2, 0.25) is 0 Å². The van der Waals surface area contributed by atoms with Crippen molar-refractivity contribution in [3.63, 3.8) is 0 Å². The molecule has 45 valence electrons. The molecular formula is C7H8BO. The maximum Gasteiger partial charge on any atom is 0.129 e. The van der Waals surface area contributed by atoms with Crippen LogP contribution in [0.4, 0.5) is 0 Å². The van der Waals surface area contributed by atoms with Crippen LogP contribution in [0.3, 0.4) is 0 Å². The van der Waals surface area contributed by atoms with Crippen LogP contribution in [0.1, 0.15) is 0 Å². The first kappa shape index (κ1) is 6.21. The number of benzene rings is 1. The van der Waals surface area contributed by atoms with Gasteiger partial charge in [-0.2, -0.15) is 0 Å². The molecule has 0 aromatic heterocycles.